The first-order chi connectivity index (χ1) is 10.0. The standard InChI is InChI=1S/C20H33N/c1-20(2,3)18-13-11-16(12-14-18)15-19(21-4)17-9-7-5-6-8-10-17/h11-14,17,19,21H,5-10,15H2,1-4H3. The van der Waals surface area contributed by atoms with Crippen molar-refractivity contribution in [3.05, 3.63) is 35.4 Å². The number of hydrogen-bond donors (Lipinski definition) is 1. The molecule has 1 aromatic carbocycles. The van der Waals surface area contributed by atoms with Gasteiger partial charge in [0.05, 0.1) is 0 Å². The predicted octanol–water partition coefficient (Wildman–Crippen LogP) is 5.09. The van der Waals surface area contributed by atoms with Crippen molar-refractivity contribution in [2.45, 2.75) is 77.2 Å². The zero-order valence-electron chi connectivity index (χ0n) is 14.4. The van der Waals surface area contributed by atoms with Crippen LogP contribution in [0.25, 0.3) is 0 Å². The van der Waals surface area contributed by atoms with Gasteiger partial charge in [0.2, 0.25) is 0 Å². The Labute approximate surface area is 131 Å². The first-order valence-corrected chi connectivity index (χ1v) is 8.77. The number of benzene rings is 1. The summed E-state index contributed by atoms with van der Waals surface area (Å²) >= 11 is 0. The molecule has 21 heavy (non-hydrogen) atoms. The van der Waals surface area contributed by atoms with Gasteiger partial charge in [0.25, 0.3) is 0 Å². The lowest BCUT2D eigenvalue weighted by Crippen LogP contribution is -2.35. The summed E-state index contributed by atoms with van der Waals surface area (Å²) in [6.45, 7) is 6.85. The monoisotopic (exact) mass is 287 g/mol. The van der Waals surface area contributed by atoms with Crippen LogP contribution in [0.4, 0.5) is 0 Å². The maximum Gasteiger partial charge on any atom is 0.0133 e. The van der Waals surface area contributed by atoms with Crippen molar-refractivity contribution in [3.8, 4) is 0 Å². The molecule has 1 atom stereocenters. The Kier molecular flexibility index (Phi) is 5.87. The quantitative estimate of drug-likeness (QED) is 0.761. The Hall–Kier alpha value is -0.820. The molecule has 0 bridgehead atoms. The molecule has 0 amide bonds. The van der Waals surface area contributed by atoms with Crippen molar-refractivity contribution < 1.29 is 0 Å². The van der Waals surface area contributed by atoms with Crippen LogP contribution in [-0.4, -0.2) is 13.1 Å². The van der Waals surface area contributed by atoms with E-state index in [9.17, 15) is 0 Å². The van der Waals surface area contributed by atoms with E-state index in [0.717, 1.165) is 5.92 Å². The molecule has 0 heterocycles. The lowest BCUT2D eigenvalue weighted by molar-refractivity contribution is 0.332. The highest BCUT2D eigenvalue weighted by Crippen LogP contribution is 2.28. The van der Waals surface area contributed by atoms with E-state index in [0.29, 0.717) is 6.04 Å². The molecule has 1 aromatic rings. The normalized spacial score (nSPS) is 19.2. The fourth-order valence-corrected chi connectivity index (χ4v) is 3.61. The molecule has 1 aliphatic rings. The minimum absolute atomic E-state index is 0.252. The average Bonchev–Trinajstić information content (AvgIpc) is 2.73. The molecule has 0 aliphatic heterocycles. The Balaban J connectivity index is 2.00. The zero-order chi connectivity index (χ0) is 15.3. The van der Waals surface area contributed by atoms with Gasteiger partial charge in [-0.15, -0.1) is 0 Å². The third-order valence-electron chi connectivity index (χ3n) is 5.12. The van der Waals surface area contributed by atoms with Crippen molar-refractivity contribution in [2.24, 2.45) is 5.92 Å². The molecule has 1 fully saturated rings. The second kappa shape index (κ2) is 7.45. The first kappa shape index (κ1) is 16.5. The number of likely N-dealkylation sites (N-methyl/N-ethyl adjacent to an activating group) is 1. The van der Waals surface area contributed by atoms with Crippen molar-refractivity contribution in [3.63, 3.8) is 0 Å². The average molecular weight is 287 g/mol. The minimum atomic E-state index is 0.252. The molecular formula is C20H33N. The predicted molar refractivity (Wildman–Crippen MR) is 92.9 cm³/mol. The molecule has 0 spiro atoms. The molecule has 1 unspecified atom stereocenters. The Morgan fingerprint density at radius 2 is 1.57 bits per heavy atom. The number of hydrogen-bond acceptors (Lipinski definition) is 1. The smallest absolute Gasteiger partial charge is 0.0133 e. The fraction of sp³-hybridized carbons (Fsp3) is 0.700. The Morgan fingerprint density at radius 3 is 2.05 bits per heavy atom. The van der Waals surface area contributed by atoms with E-state index < -0.39 is 0 Å². The Bertz CT molecular complexity index is 404. The van der Waals surface area contributed by atoms with Crippen LogP contribution in [0.3, 0.4) is 0 Å². The largest absolute Gasteiger partial charge is 0.316 e. The topological polar surface area (TPSA) is 12.0 Å². The van der Waals surface area contributed by atoms with E-state index in [1.54, 1.807) is 0 Å². The molecule has 2 rings (SSSR count). The van der Waals surface area contributed by atoms with Crippen molar-refractivity contribution >= 4 is 0 Å². The van der Waals surface area contributed by atoms with Gasteiger partial charge in [-0.2, -0.15) is 0 Å². The number of rotatable bonds is 4. The van der Waals surface area contributed by atoms with Crippen LogP contribution in [0.2, 0.25) is 0 Å². The van der Waals surface area contributed by atoms with E-state index in [-0.39, 0.29) is 5.41 Å². The molecular weight excluding hydrogens is 254 g/mol. The summed E-state index contributed by atoms with van der Waals surface area (Å²) in [5.41, 5.74) is 3.16. The fourth-order valence-electron chi connectivity index (χ4n) is 3.61. The lowest BCUT2D eigenvalue weighted by Gasteiger charge is -2.26. The number of nitrogens with one attached hydrogen (secondary N) is 1. The SMILES string of the molecule is CNC(Cc1ccc(C(C)(C)C)cc1)C1CCCCCC1. The third kappa shape index (κ3) is 4.85. The summed E-state index contributed by atoms with van der Waals surface area (Å²) in [7, 11) is 2.14. The molecule has 1 N–H and O–H groups in total. The Morgan fingerprint density at radius 1 is 1.00 bits per heavy atom. The van der Waals surface area contributed by atoms with Gasteiger partial charge in [0.1, 0.15) is 0 Å². The van der Waals surface area contributed by atoms with Gasteiger partial charge in [-0.1, -0.05) is 70.7 Å². The molecule has 1 nitrogen and oxygen atoms in total. The molecule has 118 valence electrons. The van der Waals surface area contributed by atoms with E-state index in [1.165, 1.54) is 56.1 Å². The molecule has 1 aliphatic carbocycles. The van der Waals surface area contributed by atoms with Gasteiger partial charge < -0.3 is 5.32 Å². The summed E-state index contributed by atoms with van der Waals surface area (Å²) in [5.74, 6) is 0.861. The molecule has 1 saturated carbocycles. The summed E-state index contributed by atoms with van der Waals surface area (Å²) in [4.78, 5) is 0. The molecule has 1 heteroatoms. The van der Waals surface area contributed by atoms with Gasteiger partial charge >= 0.3 is 0 Å². The van der Waals surface area contributed by atoms with E-state index in [4.69, 9.17) is 0 Å². The van der Waals surface area contributed by atoms with Gasteiger partial charge in [0.15, 0.2) is 0 Å². The highest BCUT2D eigenvalue weighted by Gasteiger charge is 2.22. The van der Waals surface area contributed by atoms with Crippen molar-refractivity contribution in [1.82, 2.24) is 5.32 Å². The first-order valence-electron chi connectivity index (χ1n) is 8.77. The van der Waals surface area contributed by atoms with Crippen LogP contribution in [0.15, 0.2) is 24.3 Å². The lowest BCUT2D eigenvalue weighted by atomic mass is 9.84. The summed E-state index contributed by atoms with van der Waals surface area (Å²) in [6, 6.07) is 9.94. The molecule has 0 radical (unpaired) electrons. The van der Waals surface area contributed by atoms with Gasteiger partial charge in [-0.3, -0.25) is 0 Å². The molecule has 0 saturated heterocycles. The van der Waals surface area contributed by atoms with E-state index in [2.05, 4.69) is 57.4 Å². The summed E-state index contributed by atoms with van der Waals surface area (Å²) in [5, 5.41) is 3.59. The van der Waals surface area contributed by atoms with Crippen LogP contribution in [-0.2, 0) is 11.8 Å². The van der Waals surface area contributed by atoms with Crippen LogP contribution in [0, 0.1) is 5.92 Å². The van der Waals surface area contributed by atoms with Crippen LogP contribution in [0.1, 0.15) is 70.4 Å². The summed E-state index contributed by atoms with van der Waals surface area (Å²) < 4.78 is 0. The van der Waals surface area contributed by atoms with Crippen LogP contribution in [0.5, 0.6) is 0 Å². The van der Waals surface area contributed by atoms with Gasteiger partial charge in [-0.25, -0.2) is 0 Å². The van der Waals surface area contributed by atoms with Crippen LogP contribution >= 0.6 is 0 Å². The summed E-state index contributed by atoms with van der Waals surface area (Å²) in [6.07, 6.45) is 9.71. The van der Waals surface area contributed by atoms with Gasteiger partial charge in [-0.05, 0) is 48.8 Å². The minimum Gasteiger partial charge on any atom is -0.316 e. The highest BCUT2D eigenvalue weighted by molar-refractivity contribution is 5.28. The van der Waals surface area contributed by atoms with E-state index in [1.807, 2.05) is 0 Å². The highest BCUT2D eigenvalue weighted by atomic mass is 14.9. The third-order valence-corrected chi connectivity index (χ3v) is 5.12. The van der Waals surface area contributed by atoms with E-state index >= 15 is 0 Å². The molecule has 0 aromatic heterocycles. The zero-order valence-corrected chi connectivity index (χ0v) is 14.4. The van der Waals surface area contributed by atoms with Crippen LogP contribution < -0.4 is 5.32 Å². The maximum absolute atomic E-state index is 3.59. The van der Waals surface area contributed by atoms with Gasteiger partial charge in [0, 0.05) is 6.04 Å². The van der Waals surface area contributed by atoms with Crippen molar-refractivity contribution in [1.29, 1.82) is 0 Å². The second-order valence-corrected chi connectivity index (χ2v) is 7.80. The van der Waals surface area contributed by atoms with Crippen molar-refractivity contribution in [2.75, 3.05) is 7.05 Å². The maximum atomic E-state index is 3.59. The second-order valence-electron chi connectivity index (χ2n) is 7.80.